The summed E-state index contributed by atoms with van der Waals surface area (Å²) in [5, 5.41) is 10.0. The van der Waals surface area contributed by atoms with Crippen molar-refractivity contribution in [1.29, 1.82) is 0 Å². The summed E-state index contributed by atoms with van der Waals surface area (Å²) < 4.78 is 0. The van der Waals surface area contributed by atoms with E-state index in [0.717, 1.165) is 49.8 Å². The van der Waals surface area contributed by atoms with Crippen molar-refractivity contribution in [2.45, 2.75) is 130 Å². The lowest BCUT2D eigenvalue weighted by Crippen LogP contribution is -2.20. The number of ketones is 1. The van der Waals surface area contributed by atoms with E-state index < -0.39 is 0 Å². The van der Waals surface area contributed by atoms with Crippen molar-refractivity contribution in [2.75, 3.05) is 0 Å². The van der Waals surface area contributed by atoms with Gasteiger partial charge in [0.1, 0.15) is 5.71 Å². The Morgan fingerprint density at radius 2 is 1.91 bits per heavy atom. The van der Waals surface area contributed by atoms with Gasteiger partial charge in [0.15, 0.2) is 5.78 Å². The van der Waals surface area contributed by atoms with Crippen LogP contribution in [0.1, 0.15) is 139 Å². The molecule has 0 spiro atoms. The van der Waals surface area contributed by atoms with Crippen LogP contribution in [-0.4, -0.2) is 22.7 Å². The lowest BCUT2D eigenvalue weighted by Gasteiger charge is -2.33. The van der Waals surface area contributed by atoms with Gasteiger partial charge in [0, 0.05) is 27.4 Å². The molecule has 1 saturated carbocycles. The first-order chi connectivity index (χ1) is 16.1. The third-order valence-corrected chi connectivity index (χ3v) is 9.55. The number of hydrogen-bond donors (Lipinski definition) is 1. The SMILES string of the molecule is CCCC(O)CCC(C)CCC(=O)/C1=N/C(C)=C/CC(C)c2sc(C3CCC(C)(C)CC3)cc21. The minimum absolute atomic E-state index is 0.179. The van der Waals surface area contributed by atoms with E-state index in [1.165, 1.54) is 35.4 Å². The van der Waals surface area contributed by atoms with Crippen molar-refractivity contribution in [2.24, 2.45) is 16.3 Å². The number of aliphatic hydroxyl groups is 1. The molecule has 0 bridgehead atoms. The zero-order valence-corrected chi connectivity index (χ0v) is 23.3. The molecule has 4 heteroatoms. The molecule has 2 aliphatic rings. The average Bonchev–Trinajstić information content (AvgIpc) is 3.22. The highest BCUT2D eigenvalue weighted by atomic mass is 32.1. The van der Waals surface area contributed by atoms with Crippen molar-refractivity contribution in [3.8, 4) is 0 Å². The fraction of sp³-hybridized carbons (Fsp3) is 0.733. The number of nitrogens with zero attached hydrogens (tertiary/aromatic N) is 1. The molecule has 1 aromatic heterocycles. The smallest absolute Gasteiger partial charge is 0.181 e. The number of rotatable bonds is 10. The summed E-state index contributed by atoms with van der Waals surface area (Å²) in [5.41, 5.74) is 3.22. The van der Waals surface area contributed by atoms with E-state index in [-0.39, 0.29) is 11.9 Å². The number of carbonyl (C=O) groups excluding carboxylic acids is 1. The Morgan fingerprint density at radius 3 is 2.59 bits per heavy atom. The Morgan fingerprint density at radius 1 is 1.21 bits per heavy atom. The van der Waals surface area contributed by atoms with Crippen LogP contribution in [0.25, 0.3) is 0 Å². The Kier molecular flexibility index (Phi) is 9.74. The van der Waals surface area contributed by atoms with Gasteiger partial charge in [0.25, 0.3) is 0 Å². The summed E-state index contributed by atoms with van der Waals surface area (Å²) in [7, 11) is 0. The molecule has 3 nitrogen and oxygen atoms in total. The van der Waals surface area contributed by atoms with Gasteiger partial charge in [-0.05, 0) is 93.9 Å². The number of fused-ring (bicyclic) bond motifs is 1. The van der Waals surface area contributed by atoms with Gasteiger partial charge in [-0.25, -0.2) is 4.99 Å². The average molecular weight is 486 g/mol. The molecule has 1 aliphatic carbocycles. The van der Waals surface area contributed by atoms with Gasteiger partial charge in [0.05, 0.1) is 6.10 Å². The standard InChI is InChI=1S/C30H47NO2S/c1-7-8-24(32)13-9-20(2)10-14-26(33)28-25-19-27(23-15-17-30(5,6)18-16-23)34-29(25)21(3)11-12-22(4)31-28/h12,19-21,23-24,32H,7-11,13-18H2,1-6H3/b22-12+,31-28+. The van der Waals surface area contributed by atoms with Crippen LogP contribution in [-0.2, 0) is 4.79 Å². The van der Waals surface area contributed by atoms with Crippen molar-refractivity contribution >= 4 is 22.8 Å². The molecule has 2 heterocycles. The third-order valence-electron chi connectivity index (χ3n) is 8.02. The molecule has 0 amide bonds. The summed E-state index contributed by atoms with van der Waals surface area (Å²) >= 11 is 1.95. The first-order valence-electron chi connectivity index (χ1n) is 13.7. The van der Waals surface area contributed by atoms with Gasteiger partial charge in [-0.2, -0.15) is 0 Å². The lowest BCUT2D eigenvalue weighted by atomic mass is 9.73. The lowest BCUT2D eigenvalue weighted by molar-refractivity contribution is -0.113. The van der Waals surface area contributed by atoms with Crippen molar-refractivity contribution in [1.82, 2.24) is 0 Å². The van der Waals surface area contributed by atoms with E-state index in [1.54, 1.807) is 0 Å². The van der Waals surface area contributed by atoms with Gasteiger partial charge in [-0.1, -0.05) is 47.1 Å². The Bertz CT molecular complexity index is 884. The second-order valence-corrected chi connectivity index (χ2v) is 13.0. The van der Waals surface area contributed by atoms with E-state index in [1.807, 2.05) is 18.3 Å². The van der Waals surface area contributed by atoms with Crippen LogP contribution in [0.4, 0.5) is 0 Å². The number of Topliss-reactive ketones (excluding diaryl/α,β-unsaturated/α-hetero) is 1. The summed E-state index contributed by atoms with van der Waals surface area (Å²) in [6.07, 6.45) is 13.1. The molecule has 190 valence electrons. The maximum Gasteiger partial charge on any atom is 0.181 e. The van der Waals surface area contributed by atoms with Gasteiger partial charge in [0.2, 0.25) is 0 Å². The summed E-state index contributed by atoms with van der Waals surface area (Å²) in [4.78, 5) is 21.2. The monoisotopic (exact) mass is 485 g/mol. The molecule has 1 N–H and O–H groups in total. The fourth-order valence-electron chi connectivity index (χ4n) is 5.40. The number of allylic oxidation sites excluding steroid dienone is 2. The van der Waals surface area contributed by atoms with E-state index in [9.17, 15) is 9.90 Å². The minimum Gasteiger partial charge on any atom is -0.393 e. The molecule has 0 aromatic carbocycles. The summed E-state index contributed by atoms with van der Waals surface area (Å²) in [6.45, 7) is 13.4. The molecule has 1 aliphatic heterocycles. The van der Waals surface area contributed by atoms with E-state index in [2.05, 4.69) is 46.8 Å². The van der Waals surface area contributed by atoms with Crippen LogP contribution in [0.3, 0.4) is 0 Å². The molecular weight excluding hydrogens is 438 g/mol. The second-order valence-electron chi connectivity index (χ2n) is 11.9. The predicted molar refractivity (Wildman–Crippen MR) is 146 cm³/mol. The van der Waals surface area contributed by atoms with Crippen LogP contribution < -0.4 is 0 Å². The maximum absolute atomic E-state index is 13.5. The topological polar surface area (TPSA) is 49.7 Å². The van der Waals surface area contributed by atoms with Gasteiger partial charge in [-0.15, -0.1) is 11.3 Å². The Labute approximate surface area is 212 Å². The van der Waals surface area contributed by atoms with Crippen molar-refractivity contribution in [3.05, 3.63) is 33.2 Å². The molecule has 34 heavy (non-hydrogen) atoms. The van der Waals surface area contributed by atoms with E-state index in [0.29, 0.717) is 35.3 Å². The maximum atomic E-state index is 13.5. The fourth-order valence-corrected chi connectivity index (χ4v) is 6.80. The molecule has 3 unspecified atom stereocenters. The molecule has 3 rings (SSSR count). The predicted octanol–water partition coefficient (Wildman–Crippen LogP) is 8.56. The van der Waals surface area contributed by atoms with Crippen molar-refractivity contribution in [3.63, 3.8) is 0 Å². The van der Waals surface area contributed by atoms with E-state index in [4.69, 9.17) is 4.99 Å². The molecule has 0 saturated heterocycles. The van der Waals surface area contributed by atoms with Crippen molar-refractivity contribution < 1.29 is 9.90 Å². The number of aliphatic imine (C=N–C) groups is 1. The number of hydrogen-bond acceptors (Lipinski definition) is 4. The van der Waals surface area contributed by atoms with Crippen LogP contribution >= 0.6 is 11.3 Å². The number of aliphatic hydroxyl groups excluding tert-OH is 1. The van der Waals surface area contributed by atoms with E-state index >= 15 is 0 Å². The van der Waals surface area contributed by atoms with Crippen LogP contribution in [0, 0.1) is 11.3 Å². The molecule has 1 aromatic rings. The Balaban J connectivity index is 1.74. The zero-order valence-electron chi connectivity index (χ0n) is 22.5. The van der Waals surface area contributed by atoms with Gasteiger partial charge < -0.3 is 5.11 Å². The minimum atomic E-state index is -0.204. The highest BCUT2D eigenvalue weighted by Gasteiger charge is 2.31. The number of carbonyl (C=O) groups is 1. The van der Waals surface area contributed by atoms with Crippen LogP contribution in [0.2, 0.25) is 0 Å². The highest BCUT2D eigenvalue weighted by Crippen LogP contribution is 2.46. The number of thiophene rings is 1. The molecule has 3 atom stereocenters. The summed E-state index contributed by atoms with van der Waals surface area (Å²) in [6, 6.07) is 2.33. The normalized spacial score (nSPS) is 25.8. The highest BCUT2D eigenvalue weighted by molar-refractivity contribution is 7.12. The molecular formula is C30H47NO2S. The zero-order chi connectivity index (χ0) is 24.9. The Hall–Kier alpha value is -1.26. The third kappa shape index (κ3) is 7.37. The largest absolute Gasteiger partial charge is 0.393 e. The van der Waals surface area contributed by atoms with Crippen LogP contribution in [0.15, 0.2) is 22.8 Å². The van der Waals surface area contributed by atoms with Crippen LogP contribution in [0.5, 0.6) is 0 Å². The first kappa shape index (κ1) is 27.3. The first-order valence-corrected chi connectivity index (χ1v) is 14.5. The quantitative estimate of drug-likeness (QED) is 0.361. The summed E-state index contributed by atoms with van der Waals surface area (Å²) in [5.74, 6) is 1.65. The van der Waals surface area contributed by atoms with Gasteiger partial charge >= 0.3 is 0 Å². The molecule has 1 fully saturated rings. The molecule has 0 radical (unpaired) electrons. The van der Waals surface area contributed by atoms with Gasteiger partial charge in [-0.3, -0.25) is 4.79 Å². The second kappa shape index (κ2) is 12.1.